The third-order valence-electron chi connectivity index (χ3n) is 2.82. The lowest BCUT2D eigenvalue weighted by atomic mass is 10.1. The third-order valence-corrected chi connectivity index (χ3v) is 2.82. The van der Waals surface area contributed by atoms with Gasteiger partial charge < -0.3 is 9.84 Å². The maximum atomic E-state index is 9.04. The summed E-state index contributed by atoms with van der Waals surface area (Å²) in [5.41, 5.74) is 3.94. The van der Waals surface area contributed by atoms with E-state index in [2.05, 4.69) is 11.1 Å². The maximum absolute atomic E-state index is 9.04. The van der Waals surface area contributed by atoms with Crippen LogP contribution in [0, 0.1) is 20.8 Å². The number of aliphatic hydroxyl groups is 1. The van der Waals surface area contributed by atoms with Crippen molar-refractivity contribution in [2.75, 3.05) is 0 Å². The number of ether oxygens (including phenoxy) is 1. The molecule has 3 nitrogen and oxygen atoms in total. The molecule has 0 aliphatic heterocycles. The van der Waals surface area contributed by atoms with Crippen LogP contribution in [0.1, 0.15) is 22.3 Å². The first-order valence-corrected chi connectivity index (χ1v) is 5.91. The average Bonchev–Trinajstić information content (AvgIpc) is 2.36. The lowest BCUT2D eigenvalue weighted by Crippen LogP contribution is -1.95. The second-order valence-electron chi connectivity index (χ2n) is 4.49. The molecule has 1 aromatic heterocycles. The highest BCUT2D eigenvalue weighted by molar-refractivity contribution is 5.40. The predicted molar refractivity (Wildman–Crippen MR) is 70.9 cm³/mol. The van der Waals surface area contributed by atoms with Crippen LogP contribution in [0.25, 0.3) is 0 Å². The molecule has 0 radical (unpaired) electrons. The fraction of sp³-hybridized carbons (Fsp3) is 0.267. The van der Waals surface area contributed by atoms with Crippen molar-refractivity contribution in [1.82, 2.24) is 4.98 Å². The zero-order valence-corrected chi connectivity index (χ0v) is 10.9. The molecule has 3 heteroatoms. The highest BCUT2D eigenvalue weighted by atomic mass is 16.5. The molecule has 18 heavy (non-hydrogen) atoms. The van der Waals surface area contributed by atoms with Gasteiger partial charge in [-0.2, -0.15) is 0 Å². The van der Waals surface area contributed by atoms with Crippen molar-refractivity contribution in [3.05, 3.63) is 52.7 Å². The van der Waals surface area contributed by atoms with Crippen molar-refractivity contribution in [2.24, 2.45) is 0 Å². The Morgan fingerprint density at radius 2 is 1.89 bits per heavy atom. The largest absolute Gasteiger partial charge is 0.438 e. The fourth-order valence-electron chi connectivity index (χ4n) is 1.74. The fourth-order valence-corrected chi connectivity index (χ4v) is 1.74. The van der Waals surface area contributed by atoms with Crippen LogP contribution < -0.4 is 4.74 Å². The van der Waals surface area contributed by atoms with Crippen LogP contribution >= 0.6 is 0 Å². The summed E-state index contributed by atoms with van der Waals surface area (Å²) in [6.07, 6.45) is 1.63. The van der Waals surface area contributed by atoms with Crippen LogP contribution in [-0.2, 0) is 6.61 Å². The summed E-state index contributed by atoms with van der Waals surface area (Å²) < 4.78 is 5.83. The molecule has 0 fully saturated rings. The highest BCUT2D eigenvalue weighted by Crippen LogP contribution is 2.27. The number of aliphatic hydroxyl groups excluding tert-OH is 1. The summed E-state index contributed by atoms with van der Waals surface area (Å²) in [5.74, 6) is 1.41. The number of aromatic nitrogens is 1. The van der Waals surface area contributed by atoms with E-state index in [1.165, 1.54) is 0 Å². The molecule has 0 unspecified atom stereocenters. The van der Waals surface area contributed by atoms with Crippen LogP contribution in [0.2, 0.25) is 0 Å². The zero-order valence-electron chi connectivity index (χ0n) is 10.9. The van der Waals surface area contributed by atoms with Gasteiger partial charge in [0.2, 0.25) is 5.88 Å². The molecular weight excluding hydrogens is 226 g/mol. The van der Waals surface area contributed by atoms with E-state index in [1.54, 1.807) is 6.20 Å². The van der Waals surface area contributed by atoms with Gasteiger partial charge >= 0.3 is 0 Å². The van der Waals surface area contributed by atoms with Gasteiger partial charge in [0.25, 0.3) is 0 Å². The first-order chi connectivity index (χ1) is 8.60. The van der Waals surface area contributed by atoms with Crippen molar-refractivity contribution in [3.8, 4) is 11.6 Å². The molecule has 2 rings (SSSR count). The minimum atomic E-state index is -0.00239. The highest BCUT2D eigenvalue weighted by Gasteiger charge is 2.06. The molecule has 1 heterocycles. The second-order valence-corrected chi connectivity index (χ2v) is 4.49. The number of nitrogens with zero attached hydrogens (tertiary/aromatic N) is 1. The lowest BCUT2D eigenvalue weighted by molar-refractivity contribution is 0.281. The second kappa shape index (κ2) is 5.19. The van der Waals surface area contributed by atoms with Gasteiger partial charge in [-0.05, 0) is 49.6 Å². The van der Waals surface area contributed by atoms with Crippen LogP contribution in [-0.4, -0.2) is 10.1 Å². The van der Waals surface area contributed by atoms with Crippen LogP contribution in [0.15, 0.2) is 30.5 Å². The summed E-state index contributed by atoms with van der Waals surface area (Å²) in [6.45, 7) is 5.96. The van der Waals surface area contributed by atoms with Crippen LogP contribution in [0.4, 0.5) is 0 Å². The van der Waals surface area contributed by atoms with E-state index >= 15 is 0 Å². The van der Waals surface area contributed by atoms with Gasteiger partial charge in [-0.3, -0.25) is 0 Å². The van der Waals surface area contributed by atoms with Crippen LogP contribution in [0.5, 0.6) is 11.6 Å². The van der Waals surface area contributed by atoms with E-state index in [0.717, 1.165) is 28.0 Å². The van der Waals surface area contributed by atoms with E-state index in [9.17, 15) is 0 Å². The van der Waals surface area contributed by atoms with Gasteiger partial charge in [-0.1, -0.05) is 12.1 Å². The van der Waals surface area contributed by atoms with Crippen molar-refractivity contribution >= 4 is 0 Å². The van der Waals surface area contributed by atoms with Crippen molar-refractivity contribution < 1.29 is 9.84 Å². The van der Waals surface area contributed by atoms with Crippen molar-refractivity contribution in [3.63, 3.8) is 0 Å². The Hall–Kier alpha value is -1.87. The summed E-state index contributed by atoms with van der Waals surface area (Å²) >= 11 is 0. The number of benzene rings is 1. The lowest BCUT2D eigenvalue weighted by Gasteiger charge is -2.11. The van der Waals surface area contributed by atoms with E-state index in [-0.39, 0.29) is 6.61 Å². The van der Waals surface area contributed by atoms with Gasteiger partial charge in [-0.25, -0.2) is 4.98 Å². The standard InChI is InChI=1S/C15H17NO2/c1-10-4-5-11(2)14(6-10)18-15-12(3)7-13(9-17)8-16-15/h4-8,17H,9H2,1-3H3. The average molecular weight is 243 g/mol. The minimum absolute atomic E-state index is 0.00239. The maximum Gasteiger partial charge on any atom is 0.222 e. The van der Waals surface area contributed by atoms with E-state index in [0.29, 0.717) is 5.88 Å². The molecule has 0 spiro atoms. The van der Waals surface area contributed by atoms with Crippen LogP contribution in [0.3, 0.4) is 0 Å². The molecule has 1 aromatic carbocycles. The molecule has 94 valence electrons. The monoisotopic (exact) mass is 243 g/mol. The summed E-state index contributed by atoms with van der Waals surface area (Å²) in [4.78, 5) is 4.23. The van der Waals surface area contributed by atoms with E-state index in [4.69, 9.17) is 9.84 Å². The molecule has 0 aliphatic rings. The molecule has 0 amide bonds. The van der Waals surface area contributed by atoms with Crippen molar-refractivity contribution in [1.29, 1.82) is 0 Å². The Kier molecular flexibility index (Phi) is 3.63. The number of rotatable bonds is 3. The third kappa shape index (κ3) is 2.68. The molecule has 0 saturated carbocycles. The number of hydrogen-bond donors (Lipinski definition) is 1. The van der Waals surface area contributed by atoms with Gasteiger partial charge in [0.1, 0.15) is 5.75 Å². The SMILES string of the molecule is Cc1ccc(C)c(Oc2ncc(CO)cc2C)c1. The molecule has 0 aliphatic carbocycles. The Bertz CT molecular complexity index is 564. The van der Waals surface area contributed by atoms with Gasteiger partial charge in [0.15, 0.2) is 0 Å². The number of pyridine rings is 1. The summed E-state index contributed by atoms with van der Waals surface area (Å²) in [7, 11) is 0. The van der Waals surface area contributed by atoms with Gasteiger partial charge in [-0.15, -0.1) is 0 Å². The van der Waals surface area contributed by atoms with Crippen molar-refractivity contribution in [2.45, 2.75) is 27.4 Å². The first-order valence-electron chi connectivity index (χ1n) is 5.91. The predicted octanol–water partition coefficient (Wildman–Crippen LogP) is 3.29. The number of aryl methyl sites for hydroxylation is 3. The normalized spacial score (nSPS) is 10.4. The Balaban J connectivity index is 2.31. The summed E-state index contributed by atoms with van der Waals surface area (Å²) in [6, 6.07) is 7.96. The Morgan fingerprint density at radius 1 is 1.11 bits per heavy atom. The van der Waals surface area contributed by atoms with Gasteiger partial charge in [0.05, 0.1) is 6.61 Å². The minimum Gasteiger partial charge on any atom is -0.438 e. The molecular formula is C15H17NO2. The molecule has 0 saturated heterocycles. The molecule has 2 aromatic rings. The number of hydrogen-bond acceptors (Lipinski definition) is 3. The molecule has 0 atom stereocenters. The zero-order chi connectivity index (χ0) is 13.1. The Morgan fingerprint density at radius 3 is 2.56 bits per heavy atom. The summed E-state index contributed by atoms with van der Waals surface area (Å²) in [5, 5.41) is 9.04. The Labute approximate surface area is 107 Å². The van der Waals surface area contributed by atoms with E-state index < -0.39 is 0 Å². The molecule has 1 N–H and O–H groups in total. The topological polar surface area (TPSA) is 42.4 Å². The first kappa shape index (κ1) is 12.6. The van der Waals surface area contributed by atoms with Gasteiger partial charge in [0, 0.05) is 11.8 Å². The van der Waals surface area contributed by atoms with E-state index in [1.807, 2.05) is 39.0 Å². The molecule has 0 bridgehead atoms. The smallest absolute Gasteiger partial charge is 0.222 e. The quantitative estimate of drug-likeness (QED) is 0.899.